The van der Waals surface area contributed by atoms with Gasteiger partial charge in [0, 0.05) is 18.8 Å². The summed E-state index contributed by atoms with van der Waals surface area (Å²) in [5, 5.41) is 6.71. The summed E-state index contributed by atoms with van der Waals surface area (Å²) >= 11 is 5.69. The van der Waals surface area contributed by atoms with Crippen molar-refractivity contribution in [1.82, 2.24) is 15.6 Å². The van der Waals surface area contributed by atoms with Gasteiger partial charge >= 0.3 is 0 Å². The monoisotopic (exact) mass is 311 g/mol. The second-order valence-electron chi connectivity index (χ2n) is 3.86. The van der Waals surface area contributed by atoms with Crippen molar-refractivity contribution >= 4 is 42.3 Å². The van der Waals surface area contributed by atoms with Crippen molar-refractivity contribution in [3.8, 4) is 0 Å². The molecule has 2 rings (SSSR count). The Bertz CT molecular complexity index is 366. The maximum absolute atomic E-state index is 11.7. The summed E-state index contributed by atoms with van der Waals surface area (Å²) in [5.41, 5.74) is 0.405. The highest BCUT2D eigenvalue weighted by Gasteiger charge is 2.15. The first-order valence-corrected chi connectivity index (χ1v) is 5.76. The molecule has 1 aromatic rings. The molecule has 102 valence electrons. The number of amides is 1. The first kappa shape index (κ1) is 17.4. The highest BCUT2D eigenvalue weighted by atomic mass is 35.5. The Labute approximate surface area is 124 Å². The molecule has 1 saturated heterocycles. The molecule has 0 saturated carbocycles. The van der Waals surface area contributed by atoms with Gasteiger partial charge in [-0.05, 0) is 31.5 Å². The smallest absolute Gasteiger partial charge is 0.269 e. The number of halogens is 3. The second kappa shape index (κ2) is 8.53. The van der Waals surface area contributed by atoms with Crippen LogP contribution in [0.2, 0.25) is 5.02 Å². The van der Waals surface area contributed by atoms with Gasteiger partial charge in [-0.3, -0.25) is 4.79 Å². The van der Waals surface area contributed by atoms with Crippen molar-refractivity contribution in [2.24, 2.45) is 0 Å². The van der Waals surface area contributed by atoms with Crippen LogP contribution in [0.25, 0.3) is 0 Å². The van der Waals surface area contributed by atoms with Crippen molar-refractivity contribution in [3.05, 3.63) is 29.0 Å². The van der Waals surface area contributed by atoms with E-state index >= 15 is 0 Å². The zero-order valence-corrected chi connectivity index (χ0v) is 12.1. The summed E-state index contributed by atoms with van der Waals surface area (Å²) in [5.74, 6) is -0.148. The molecule has 0 aliphatic carbocycles. The summed E-state index contributed by atoms with van der Waals surface area (Å²) in [6.45, 7) is 1.70. The van der Waals surface area contributed by atoms with E-state index in [0.717, 1.165) is 13.0 Å². The molecule has 0 spiro atoms. The quantitative estimate of drug-likeness (QED) is 0.898. The van der Waals surface area contributed by atoms with E-state index in [1.165, 1.54) is 12.6 Å². The van der Waals surface area contributed by atoms with Crippen LogP contribution in [0.3, 0.4) is 0 Å². The molecule has 1 fully saturated rings. The molecule has 1 atom stereocenters. The largest absolute Gasteiger partial charge is 0.349 e. The number of aromatic nitrogens is 1. The highest BCUT2D eigenvalue weighted by molar-refractivity contribution is 6.30. The summed E-state index contributed by atoms with van der Waals surface area (Å²) < 4.78 is 0. The third kappa shape index (κ3) is 4.98. The zero-order valence-electron chi connectivity index (χ0n) is 9.69. The first-order chi connectivity index (χ1) is 7.75. The fourth-order valence-electron chi connectivity index (χ4n) is 1.75. The number of carbonyl (C=O) groups excluding carboxylic acids is 1. The zero-order chi connectivity index (χ0) is 11.4. The van der Waals surface area contributed by atoms with Crippen molar-refractivity contribution in [1.29, 1.82) is 0 Å². The van der Waals surface area contributed by atoms with Crippen LogP contribution in [0, 0.1) is 0 Å². The van der Waals surface area contributed by atoms with E-state index in [1.807, 2.05) is 0 Å². The van der Waals surface area contributed by atoms with E-state index in [9.17, 15) is 4.79 Å². The third-order valence-corrected chi connectivity index (χ3v) is 2.85. The van der Waals surface area contributed by atoms with Crippen molar-refractivity contribution in [3.63, 3.8) is 0 Å². The normalized spacial score (nSPS) is 17.5. The maximum atomic E-state index is 11.7. The third-order valence-electron chi connectivity index (χ3n) is 2.63. The van der Waals surface area contributed by atoms with E-state index in [2.05, 4.69) is 15.6 Å². The minimum atomic E-state index is -0.148. The fraction of sp³-hybridized carbons (Fsp3) is 0.455. The van der Waals surface area contributed by atoms with E-state index in [0.29, 0.717) is 23.3 Å². The summed E-state index contributed by atoms with van der Waals surface area (Å²) in [4.78, 5) is 15.6. The van der Waals surface area contributed by atoms with Gasteiger partial charge < -0.3 is 10.6 Å². The molecular weight excluding hydrogens is 296 g/mol. The Balaban J connectivity index is 0.00000144. The standard InChI is InChI=1S/C11H14ClN3O.2ClH/c12-8-3-4-10(14-6-8)11(16)15-7-9-2-1-5-13-9;;/h3-4,6,9,13H,1-2,5,7H2,(H,15,16);2*1H. The molecule has 1 aliphatic rings. The molecule has 18 heavy (non-hydrogen) atoms. The van der Waals surface area contributed by atoms with E-state index in [-0.39, 0.29) is 30.7 Å². The fourth-order valence-corrected chi connectivity index (χ4v) is 1.86. The lowest BCUT2D eigenvalue weighted by atomic mass is 10.2. The average molecular weight is 313 g/mol. The van der Waals surface area contributed by atoms with Gasteiger partial charge in [-0.1, -0.05) is 11.6 Å². The molecule has 1 aromatic heterocycles. The Morgan fingerprint density at radius 1 is 1.50 bits per heavy atom. The minimum absolute atomic E-state index is 0. The lowest BCUT2D eigenvalue weighted by molar-refractivity contribution is 0.0945. The predicted octanol–water partition coefficient (Wildman–Crippen LogP) is 2.06. The van der Waals surface area contributed by atoms with Crippen molar-refractivity contribution < 1.29 is 4.79 Å². The number of nitrogens with zero attached hydrogens (tertiary/aromatic N) is 1. The molecule has 0 bridgehead atoms. The summed E-state index contributed by atoms with van der Waals surface area (Å²) in [7, 11) is 0. The second-order valence-corrected chi connectivity index (χ2v) is 4.30. The van der Waals surface area contributed by atoms with Crippen LogP contribution in [0.1, 0.15) is 23.3 Å². The lowest BCUT2D eigenvalue weighted by Crippen LogP contribution is -2.37. The predicted molar refractivity (Wildman–Crippen MR) is 77.1 cm³/mol. The minimum Gasteiger partial charge on any atom is -0.349 e. The van der Waals surface area contributed by atoms with Crippen LogP contribution in [0.4, 0.5) is 0 Å². The van der Waals surface area contributed by atoms with Gasteiger partial charge in [-0.2, -0.15) is 0 Å². The topological polar surface area (TPSA) is 54.0 Å². The van der Waals surface area contributed by atoms with E-state index < -0.39 is 0 Å². The van der Waals surface area contributed by atoms with Crippen LogP contribution in [-0.2, 0) is 0 Å². The molecule has 0 aromatic carbocycles. The van der Waals surface area contributed by atoms with Crippen LogP contribution >= 0.6 is 36.4 Å². The van der Waals surface area contributed by atoms with Crippen LogP contribution in [0.5, 0.6) is 0 Å². The van der Waals surface area contributed by atoms with Gasteiger partial charge in [0.25, 0.3) is 5.91 Å². The lowest BCUT2D eigenvalue weighted by Gasteiger charge is -2.10. The van der Waals surface area contributed by atoms with Crippen LogP contribution in [-0.4, -0.2) is 30.0 Å². The van der Waals surface area contributed by atoms with Gasteiger partial charge in [0.2, 0.25) is 0 Å². The van der Waals surface area contributed by atoms with Gasteiger partial charge in [-0.25, -0.2) is 4.98 Å². The van der Waals surface area contributed by atoms with E-state index in [4.69, 9.17) is 11.6 Å². The summed E-state index contributed by atoms with van der Waals surface area (Å²) in [6.07, 6.45) is 3.78. The number of rotatable bonds is 3. The van der Waals surface area contributed by atoms with Gasteiger partial charge in [0.15, 0.2) is 0 Å². The Hall–Kier alpha value is -0.550. The Kier molecular flexibility index (Phi) is 8.27. The maximum Gasteiger partial charge on any atom is 0.269 e. The molecule has 0 radical (unpaired) electrons. The van der Waals surface area contributed by atoms with Crippen molar-refractivity contribution in [2.45, 2.75) is 18.9 Å². The molecular formula is C11H16Cl3N3O. The molecule has 7 heteroatoms. The Morgan fingerprint density at radius 3 is 2.83 bits per heavy atom. The van der Waals surface area contributed by atoms with Crippen LogP contribution in [0.15, 0.2) is 18.3 Å². The average Bonchev–Trinajstić information content (AvgIpc) is 2.80. The molecule has 4 nitrogen and oxygen atoms in total. The van der Waals surface area contributed by atoms with Crippen LogP contribution < -0.4 is 10.6 Å². The van der Waals surface area contributed by atoms with Crippen molar-refractivity contribution in [2.75, 3.05) is 13.1 Å². The molecule has 2 N–H and O–H groups in total. The molecule has 1 amide bonds. The molecule has 1 unspecified atom stereocenters. The molecule has 1 aliphatic heterocycles. The Morgan fingerprint density at radius 2 is 2.28 bits per heavy atom. The summed E-state index contributed by atoms with van der Waals surface area (Å²) in [6, 6.07) is 3.69. The number of carbonyl (C=O) groups is 1. The van der Waals surface area contributed by atoms with Gasteiger partial charge in [-0.15, -0.1) is 24.8 Å². The number of hydrogen-bond acceptors (Lipinski definition) is 3. The number of nitrogens with one attached hydrogen (secondary N) is 2. The molecule has 2 heterocycles. The highest BCUT2D eigenvalue weighted by Crippen LogP contribution is 2.06. The SMILES string of the molecule is Cl.Cl.O=C(NCC1CCCN1)c1ccc(Cl)cn1. The van der Waals surface area contributed by atoms with Gasteiger partial charge in [0.1, 0.15) is 5.69 Å². The van der Waals surface area contributed by atoms with E-state index in [1.54, 1.807) is 12.1 Å². The first-order valence-electron chi connectivity index (χ1n) is 5.39. The number of hydrogen-bond donors (Lipinski definition) is 2. The number of pyridine rings is 1. The van der Waals surface area contributed by atoms with Gasteiger partial charge in [0.05, 0.1) is 5.02 Å².